The zero-order valence-electron chi connectivity index (χ0n) is 12.8. The minimum Gasteiger partial charge on any atom is -0.481 e. The van der Waals surface area contributed by atoms with E-state index in [1.807, 2.05) is 0 Å². The Morgan fingerprint density at radius 2 is 1.62 bits per heavy atom. The molecule has 4 heteroatoms. The van der Waals surface area contributed by atoms with Gasteiger partial charge in [0, 0.05) is 5.41 Å². The zero-order chi connectivity index (χ0) is 15.0. The summed E-state index contributed by atoms with van der Waals surface area (Å²) in [5.74, 6) is 1.24. The van der Waals surface area contributed by atoms with Crippen molar-refractivity contribution in [2.45, 2.75) is 70.8 Å². The number of hydrogen-bond donors (Lipinski definition) is 1. The van der Waals surface area contributed by atoms with Crippen LogP contribution in [0, 0.1) is 23.2 Å². The number of carboxylic acid groups (broad SMARTS) is 1. The van der Waals surface area contributed by atoms with Crippen molar-refractivity contribution < 1.29 is 19.4 Å². The van der Waals surface area contributed by atoms with Gasteiger partial charge in [0.05, 0.1) is 12.8 Å². The van der Waals surface area contributed by atoms with Crippen LogP contribution in [0.3, 0.4) is 0 Å². The van der Waals surface area contributed by atoms with Gasteiger partial charge in [-0.3, -0.25) is 9.59 Å². The number of hydrogen-bond acceptors (Lipinski definition) is 3. The summed E-state index contributed by atoms with van der Waals surface area (Å²) in [5.41, 5.74) is 0.197. The molecule has 1 N–H and O–H groups in total. The second-order valence-electron chi connectivity index (χ2n) is 7.56. The van der Waals surface area contributed by atoms with Crippen molar-refractivity contribution in [3.05, 3.63) is 0 Å². The standard InChI is InChI=1S/C17H26O4/c1-2-14(21-16(20)4-3-15(18)19)17-8-11-5-12(9-17)7-13(6-11)10-17/h11-14H,2-10H2,1H3,(H,18,19). The van der Waals surface area contributed by atoms with Gasteiger partial charge in [0.15, 0.2) is 0 Å². The second kappa shape index (κ2) is 5.62. The van der Waals surface area contributed by atoms with Crippen molar-refractivity contribution in [2.24, 2.45) is 23.2 Å². The fourth-order valence-corrected chi connectivity index (χ4v) is 5.64. The Balaban J connectivity index is 1.65. The van der Waals surface area contributed by atoms with Crippen LogP contribution < -0.4 is 0 Å². The van der Waals surface area contributed by atoms with E-state index < -0.39 is 5.97 Å². The average molecular weight is 294 g/mol. The Morgan fingerprint density at radius 1 is 1.10 bits per heavy atom. The largest absolute Gasteiger partial charge is 0.481 e. The van der Waals surface area contributed by atoms with Gasteiger partial charge in [-0.05, 0) is 62.7 Å². The van der Waals surface area contributed by atoms with E-state index >= 15 is 0 Å². The van der Waals surface area contributed by atoms with Crippen LogP contribution in [-0.4, -0.2) is 23.1 Å². The minimum atomic E-state index is -0.935. The van der Waals surface area contributed by atoms with Crippen LogP contribution in [-0.2, 0) is 14.3 Å². The van der Waals surface area contributed by atoms with Gasteiger partial charge in [0.25, 0.3) is 0 Å². The highest BCUT2D eigenvalue weighted by atomic mass is 16.5. The van der Waals surface area contributed by atoms with Crippen LogP contribution in [0.5, 0.6) is 0 Å². The third-order valence-electron chi connectivity index (χ3n) is 5.96. The summed E-state index contributed by atoms with van der Waals surface area (Å²) in [5, 5.41) is 8.68. The number of carbonyl (C=O) groups excluding carboxylic acids is 1. The first kappa shape index (κ1) is 14.9. The molecule has 4 nitrogen and oxygen atoms in total. The Morgan fingerprint density at radius 3 is 2.05 bits per heavy atom. The quantitative estimate of drug-likeness (QED) is 0.763. The summed E-state index contributed by atoms with van der Waals surface area (Å²) >= 11 is 0. The first-order chi connectivity index (χ1) is 10.0. The summed E-state index contributed by atoms with van der Waals surface area (Å²) in [6.45, 7) is 2.09. The fourth-order valence-electron chi connectivity index (χ4n) is 5.64. The number of aliphatic carboxylic acids is 1. The van der Waals surface area contributed by atoms with Crippen molar-refractivity contribution in [1.82, 2.24) is 0 Å². The lowest BCUT2D eigenvalue weighted by molar-refractivity contribution is -0.174. The maximum Gasteiger partial charge on any atom is 0.306 e. The van der Waals surface area contributed by atoms with Crippen LogP contribution >= 0.6 is 0 Å². The molecular formula is C17H26O4. The van der Waals surface area contributed by atoms with Gasteiger partial charge in [-0.1, -0.05) is 6.92 Å². The van der Waals surface area contributed by atoms with Crippen LogP contribution in [0.2, 0.25) is 0 Å². The minimum absolute atomic E-state index is 0.00179. The lowest BCUT2D eigenvalue weighted by atomic mass is 9.48. The SMILES string of the molecule is CCC(OC(=O)CCC(=O)O)C12CC3CC(CC(C3)C1)C2. The highest BCUT2D eigenvalue weighted by molar-refractivity contribution is 5.76. The molecule has 1 unspecified atom stereocenters. The molecular weight excluding hydrogens is 268 g/mol. The maximum absolute atomic E-state index is 11.9. The Bertz CT molecular complexity index is 393. The second-order valence-corrected chi connectivity index (χ2v) is 7.56. The van der Waals surface area contributed by atoms with Crippen molar-refractivity contribution in [3.8, 4) is 0 Å². The molecule has 0 aromatic rings. The third-order valence-corrected chi connectivity index (χ3v) is 5.96. The molecule has 0 heterocycles. The molecule has 4 rings (SSSR count). The average Bonchev–Trinajstić information content (AvgIpc) is 2.40. The summed E-state index contributed by atoms with van der Waals surface area (Å²) in [4.78, 5) is 22.5. The smallest absolute Gasteiger partial charge is 0.306 e. The van der Waals surface area contributed by atoms with E-state index in [2.05, 4.69) is 6.92 Å². The van der Waals surface area contributed by atoms with Crippen LogP contribution in [0.4, 0.5) is 0 Å². The molecule has 21 heavy (non-hydrogen) atoms. The van der Waals surface area contributed by atoms with Crippen molar-refractivity contribution in [3.63, 3.8) is 0 Å². The zero-order valence-corrected chi connectivity index (χ0v) is 12.8. The predicted molar refractivity (Wildman–Crippen MR) is 77.6 cm³/mol. The number of ether oxygens (including phenoxy) is 1. The van der Waals surface area contributed by atoms with Gasteiger partial charge in [-0.2, -0.15) is 0 Å². The molecule has 0 aliphatic heterocycles. The predicted octanol–water partition coefficient (Wildman–Crippen LogP) is 3.39. The monoisotopic (exact) mass is 294 g/mol. The molecule has 4 saturated carbocycles. The van der Waals surface area contributed by atoms with E-state index in [1.54, 1.807) is 0 Å². The molecule has 0 radical (unpaired) electrons. The summed E-state index contributed by atoms with van der Waals surface area (Å²) in [6.07, 6.45) is 8.48. The van der Waals surface area contributed by atoms with Gasteiger partial charge in [-0.15, -0.1) is 0 Å². The van der Waals surface area contributed by atoms with Crippen molar-refractivity contribution >= 4 is 11.9 Å². The van der Waals surface area contributed by atoms with Crippen LogP contribution in [0.1, 0.15) is 64.7 Å². The van der Waals surface area contributed by atoms with E-state index in [4.69, 9.17) is 9.84 Å². The Hall–Kier alpha value is -1.06. The number of rotatable bonds is 6. The molecule has 0 aromatic carbocycles. The lowest BCUT2D eigenvalue weighted by Gasteiger charge is -2.58. The molecule has 0 saturated heterocycles. The summed E-state index contributed by atoms with van der Waals surface area (Å²) < 4.78 is 5.73. The van der Waals surface area contributed by atoms with Crippen LogP contribution in [0.25, 0.3) is 0 Å². The van der Waals surface area contributed by atoms with E-state index in [0.717, 1.165) is 24.2 Å². The highest BCUT2D eigenvalue weighted by Gasteiger charge is 2.54. The number of carboxylic acids is 1. The summed E-state index contributed by atoms with van der Waals surface area (Å²) in [7, 11) is 0. The van der Waals surface area contributed by atoms with E-state index in [0.29, 0.717) is 0 Å². The number of esters is 1. The van der Waals surface area contributed by atoms with Crippen molar-refractivity contribution in [2.75, 3.05) is 0 Å². The lowest BCUT2D eigenvalue weighted by Crippen LogP contribution is -2.52. The van der Waals surface area contributed by atoms with Gasteiger partial charge in [0.2, 0.25) is 0 Å². The molecule has 1 atom stereocenters. The van der Waals surface area contributed by atoms with Gasteiger partial charge in [0.1, 0.15) is 6.10 Å². The molecule has 0 amide bonds. The molecule has 0 aromatic heterocycles. The normalized spacial score (nSPS) is 38.2. The van der Waals surface area contributed by atoms with E-state index in [1.165, 1.54) is 38.5 Å². The molecule has 118 valence electrons. The molecule has 0 spiro atoms. The van der Waals surface area contributed by atoms with Gasteiger partial charge < -0.3 is 9.84 Å². The molecule has 4 bridgehead atoms. The topological polar surface area (TPSA) is 63.6 Å². The Labute approximate surface area is 126 Å². The first-order valence-corrected chi connectivity index (χ1v) is 8.42. The van der Waals surface area contributed by atoms with Crippen molar-refractivity contribution in [1.29, 1.82) is 0 Å². The van der Waals surface area contributed by atoms with E-state index in [-0.39, 0.29) is 30.3 Å². The fraction of sp³-hybridized carbons (Fsp3) is 0.882. The van der Waals surface area contributed by atoms with Crippen LogP contribution in [0.15, 0.2) is 0 Å². The molecule has 4 fully saturated rings. The molecule has 4 aliphatic carbocycles. The first-order valence-electron chi connectivity index (χ1n) is 8.42. The van der Waals surface area contributed by atoms with Gasteiger partial charge in [-0.25, -0.2) is 0 Å². The van der Waals surface area contributed by atoms with E-state index in [9.17, 15) is 9.59 Å². The molecule has 4 aliphatic rings. The maximum atomic E-state index is 11.9. The highest BCUT2D eigenvalue weighted by Crippen LogP contribution is 2.62. The third kappa shape index (κ3) is 2.95. The number of carbonyl (C=O) groups is 2. The summed E-state index contributed by atoms with van der Waals surface area (Å²) in [6, 6.07) is 0. The Kier molecular flexibility index (Phi) is 3.98. The van der Waals surface area contributed by atoms with Gasteiger partial charge >= 0.3 is 11.9 Å².